The minimum atomic E-state index is -1.12. The number of nitrogens with zero attached hydrogens (tertiary/aromatic N) is 2. The maximum absolute atomic E-state index is 13.4. The SMILES string of the molecule is CN1CCN(Cc2cc(F)cc(F)c2F)CC1. The number of hydrogen-bond acceptors (Lipinski definition) is 2. The van der Waals surface area contributed by atoms with Crippen molar-refractivity contribution in [1.82, 2.24) is 9.80 Å². The van der Waals surface area contributed by atoms with Crippen molar-refractivity contribution in [1.29, 1.82) is 0 Å². The largest absolute Gasteiger partial charge is 0.304 e. The molecule has 1 aromatic carbocycles. The number of piperazine rings is 1. The van der Waals surface area contributed by atoms with Crippen LogP contribution in [-0.2, 0) is 6.54 Å². The lowest BCUT2D eigenvalue weighted by Gasteiger charge is -2.32. The predicted molar refractivity (Wildman–Crippen MR) is 59.1 cm³/mol. The van der Waals surface area contributed by atoms with E-state index in [9.17, 15) is 13.2 Å². The Labute approximate surface area is 98.6 Å². The molecule has 5 heteroatoms. The molecule has 0 bridgehead atoms. The average Bonchev–Trinajstić information content (AvgIpc) is 2.28. The lowest BCUT2D eigenvalue weighted by Crippen LogP contribution is -2.44. The second-order valence-electron chi connectivity index (χ2n) is 4.44. The summed E-state index contributed by atoms with van der Waals surface area (Å²) in [7, 11) is 2.01. The summed E-state index contributed by atoms with van der Waals surface area (Å²) >= 11 is 0. The highest BCUT2D eigenvalue weighted by Gasteiger charge is 2.17. The summed E-state index contributed by atoms with van der Waals surface area (Å²) in [5.74, 6) is -2.78. The fraction of sp³-hybridized carbons (Fsp3) is 0.500. The van der Waals surface area contributed by atoms with Crippen LogP contribution in [0.1, 0.15) is 5.56 Å². The minimum Gasteiger partial charge on any atom is -0.304 e. The van der Waals surface area contributed by atoms with Gasteiger partial charge in [-0.15, -0.1) is 0 Å². The van der Waals surface area contributed by atoms with Crippen molar-refractivity contribution >= 4 is 0 Å². The third-order valence-corrected chi connectivity index (χ3v) is 3.06. The molecule has 0 radical (unpaired) electrons. The predicted octanol–water partition coefficient (Wildman–Crippen LogP) is 1.85. The van der Waals surface area contributed by atoms with Gasteiger partial charge in [-0.05, 0) is 13.1 Å². The van der Waals surface area contributed by atoms with Crippen LogP contribution in [0, 0.1) is 17.5 Å². The lowest BCUT2D eigenvalue weighted by molar-refractivity contribution is 0.146. The first-order chi connectivity index (χ1) is 8.06. The van der Waals surface area contributed by atoms with E-state index in [4.69, 9.17) is 0 Å². The second kappa shape index (κ2) is 5.06. The Morgan fingerprint density at radius 2 is 1.71 bits per heavy atom. The van der Waals surface area contributed by atoms with E-state index in [0.717, 1.165) is 32.2 Å². The normalized spacial score (nSPS) is 18.6. The smallest absolute Gasteiger partial charge is 0.163 e. The molecular formula is C12H15F3N2. The van der Waals surface area contributed by atoms with Crippen LogP contribution >= 0.6 is 0 Å². The van der Waals surface area contributed by atoms with Gasteiger partial charge < -0.3 is 4.90 Å². The number of halogens is 3. The van der Waals surface area contributed by atoms with E-state index >= 15 is 0 Å². The van der Waals surface area contributed by atoms with Gasteiger partial charge in [0.05, 0.1) is 0 Å². The van der Waals surface area contributed by atoms with Crippen LogP contribution in [0.5, 0.6) is 0 Å². The summed E-state index contributed by atoms with van der Waals surface area (Å²) in [5, 5.41) is 0. The molecule has 0 atom stereocenters. The van der Waals surface area contributed by atoms with Crippen molar-refractivity contribution in [2.75, 3.05) is 33.2 Å². The van der Waals surface area contributed by atoms with Gasteiger partial charge in [-0.3, -0.25) is 4.90 Å². The molecular weight excluding hydrogens is 229 g/mol. The summed E-state index contributed by atoms with van der Waals surface area (Å²) in [6, 6.07) is 1.64. The van der Waals surface area contributed by atoms with E-state index in [0.29, 0.717) is 6.07 Å². The number of hydrogen-bond donors (Lipinski definition) is 0. The van der Waals surface area contributed by atoms with Gasteiger partial charge in [0, 0.05) is 44.4 Å². The fourth-order valence-electron chi connectivity index (χ4n) is 1.97. The molecule has 0 saturated carbocycles. The quantitative estimate of drug-likeness (QED) is 0.733. The molecule has 2 rings (SSSR count). The third kappa shape index (κ3) is 2.98. The molecule has 0 aliphatic carbocycles. The number of rotatable bonds is 2. The summed E-state index contributed by atoms with van der Waals surface area (Å²) in [5.41, 5.74) is 0.0899. The van der Waals surface area contributed by atoms with Crippen molar-refractivity contribution in [3.8, 4) is 0 Å². The van der Waals surface area contributed by atoms with Gasteiger partial charge in [-0.25, -0.2) is 13.2 Å². The third-order valence-electron chi connectivity index (χ3n) is 3.06. The molecule has 0 amide bonds. The molecule has 0 aromatic heterocycles. The van der Waals surface area contributed by atoms with Crippen LogP contribution < -0.4 is 0 Å². The Kier molecular flexibility index (Phi) is 3.69. The summed E-state index contributed by atoms with van der Waals surface area (Å²) in [4.78, 5) is 4.16. The van der Waals surface area contributed by atoms with E-state index in [1.54, 1.807) is 0 Å². The first-order valence-electron chi connectivity index (χ1n) is 5.60. The molecule has 17 heavy (non-hydrogen) atoms. The highest BCUT2D eigenvalue weighted by Crippen LogP contribution is 2.16. The average molecular weight is 244 g/mol. The van der Waals surface area contributed by atoms with E-state index in [2.05, 4.69) is 4.90 Å². The first kappa shape index (κ1) is 12.4. The van der Waals surface area contributed by atoms with E-state index < -0.39 is 17.5 Å². The van der Waals surface area contributed by atoms with Crippen LogP contribution in [0.2, 0.25) is 0 Å². The Morgan fingerprint density at radius 1 is 1.06 bits per heavy atom. The van der Waals surface area contributed by atoms with E-state index in [1.165, 1.54) is 0 Å². The van der Waals surface area contributed by atoms with Gasteiger partial charge in [0.15, 0.2) is 11.6 Å². The Hall–Kier alpha value is -1.07. The van der Waals surface area contributed by atoms with Crippen molar-refractivity contribution in [3.63, 3.8) is 0 Å². The molecule has 1 aliphatic heterocycles. The molecule has 1 saturated heterocycles. The summed E-state index contributed by atoms with van der Waals surface area (Å²) in [6.45, 7) is 3.61. The van der Waals surface area contributed by atoms with Crippen molar-refractivity contribution in [2.45, 2.75) is 6.54 Å². The van der Waals surface area contributed by atoms with Gasteiger partial charge in [0.1, 0.15) is 5.82 Å². The maximum Gasteiger partial charge on any atom is 0.163 e. The topological polar surface area (TPSA) is 6.48 Å². The summed E-state index contributed by atoms with van der Waals surface area (Å²) in [6.07, 6.45) is 0. The van der Waals surface area contributed by atoms with Gasteiger partial charge in [0.2, 0.25) is 0 Å². The van der Waals surface area contributed by atoms with Crippen LogP contribution in [0.25, 0.3) is 0 Å². The lowest BCUT2D eigenvalue weighted by atomic mass is 10.1. The molecule has 94 valence electrons. The maximum atomic E-state index is 13.4. The van der Waals surface area contributed by atoms with Gasteiger partial charge >= 0.3 is 0 Å². The molecule has 2 nitrogen and oxygen atoms in total. The van der Waals surface area contributed by atoms with Crippen molar-refractivity contribution < 1.29 is 13.2 Å². The Balaban J connectivity index is 2.08. The standard InChI is InChI=1S/C12H15F3N2/c1-16-2-4-17(5-3-16)8-9-6-10(13)7-11(14)12(9)15/h6-7H,2-5,8H2,1H3. The molecule has 1 heterocycles. The van der Waals surface area contributed by atoms with E-state index in [-0.39, 0.29) is 12.1 Å². The second-order valence-corrected chi connectivity index (χ2v) is 4.44. The zero-order valence-corrected chi connectivity index (χ0v) is 9.72. The monoisotopic (exact) mass is 244 g/mol. The number of benzene rings is 1. The van der Waals surface area contributed by atoms with E-state index in [1.807, 2.05) is 11.9 Å². The molecule has 0 unspecified atom stereocenters. The minimum absolute atomic E-state index is 0.0899. The van der Waals surface area contributed by atoms with Crippen LogP contribution in [0.3, 0.4) is 0 Å². The van der Waals surface area contributed by atoms with Crippen LogP contribution in [-0.4, -0.2) is 43.0 Å². The fourth-order valence-corrected chi connectivity index (χ4v) is 1.97. The van der Waals surface area contributed by atoms with Crippen LogP contribution in [0.4, 0.5) is 13.2 Å². The molecule has 1 aliphatic rings. The molecule has 1 aromatic rings. The zero-order valence-electron chi connectivity index (χ0n) is 9.72. The summed E-state index contributed by atoms with van der Waals surface area (Å²) < 4.78 is 39.4. The molecule has 0 N–H and O–H groups in total. The first-order valence-corrected chi connectivity index (χ1v) is 5.60. The zero-order chi connectivity index (χ0) is 12.4. The molecule has 1 fully saturated rings. The highest BCUT2D eigenvalue weighted by atomic mass is 19.2. The molecule has 0 spiro atoms. The Bertz CT molecular complexity index is 401. The Morgan fingerprint density at radius 3 is 2.35 bits per heavy atom. The highest BCUT2D eigenvalue weighted by molar-refractivity contribution is 5.20. The van der Waals surface area contributed by atoms with Gasteiger partial charge in [0.25, 0.3) is 0 Å². The van der Waals surface area contributed by atoms with Crippen LogP contribution in [0.15, 0.2) is 12.1 Å². The van der Waals surface area contributed by atoms with Crippen molar-refractivity contribution in [2.24, 2.45) is 0 Å². The van der Waals surface area contributed by atoms with Gasteiger partial charge in [-0.2, -0.15) is 0 Å². The number of likely N-dealkylation sites (N-methyl/N-ethyl adjacent to an activating group) is 1. The van der Waals surface area contributed by atoms with Gasteiger partial charge in [-0.1, -0.05) is 0 Å². The van der Waals surface area contributed by atoms with Crippen molar-refractivity contribution in [3.05, 3.63) is 35.1 Å².